The highest BCUT2D eigenvalue weighted by molar-refractivity contribution is 5.97. The number of nitrogens with zero attached hydrogens (tertiary/aromatic N) is 1. The number of carboxylic acids is 1. The molecule has 0 aromatic rings. The lowest BCUT2D eigenvalue weighted by Crippen LogP contribution is -2.61. The molecule has 47 heavy (non-hydrogen) atoms. The van der Waals surface area contributed by atoms with Crippen molar-refractivity contribution in [1.29, 1.82) is 0 Å². The van der Waals surface area contributed by atoms with E-state index < -0.39 is 102 Å². The number of amides is 6. The van der Waals surface area contributed by atoms with Crippen LogP contribution in [-0.2, 0) is 33.6 Å². The van der Waals surface area contributed by atoms with E-state index in [1.807, 2.05) is 19.2 Å². The van der Waals surface area contributed by atoms with Crippen LogP contribution in [0.25, 0.3) is 0 Å². The molecule has 1 rings (SSSR count). The lowest BCUT2D eigenvalue weighted by molar-refractivity contribution is -0.144. The Hall–Kier alpha value is -3.83. The summed E-state index contributed by atoms with van der Waals surface area (Å²) in [4.78, 5) is 90.9. The minimum atomic E-state index is -1.67. The van der Waals surface area contributed by atoms with E-state index in [1.165, 1.54) is 25.7 Å². The molecule has 17 heteroatoms. The van der Waals surface area contributed by atoms with E-state index in [9.17, 15) is 38.7 Å². The lowest BCUT2D eigenvalue weighted by atomic mass is 9.96. The summed E-state index contributed by atoms with van der Waals surface area (Å²) in [5.41, 5.74) is 5.69. The van der Waals surface area contributed by atoms with Gasteiger partial charge in [0.1, 0.15) is 36.3 Å². The monoisotopic (exact) mass is 671 g/mol. The Morgan fingerprint density at radius 3 is 1.79 bits per heavy atom. The molecule has 0 spiro atoms. The third-order valence-corrected chi connectivity index (χ3v) is 8.43. The molecule has 0 saturated carbocycles. The Morgan fingerprint density at radius 1 is 0.766 bits per heavy atom. The van der Waals surface area contributed by atoms with Gasteiger partial charge >= 0.3 is 5.97 Å². The molecule has 1 aliphatic rings. The number of hydrogen-bond donors (Lipinski definition) is 9. The second-order valence-corrected chi connectivity index (χ2v) is 12.3. The van der Waals surface area contributed by atoms with E-state index in [2.05, 4.69) is 21.3 Å². The molecule has 1 saturated heterocycles. The van der Waals surface area contributed by atoms with Crippen LogP contribution in [-0.4, -0.2) is 123 Å². The molecule has 10 N–H and O–H groups in total. The first-order chi connectivity index (χ1) is 21.9. The Labute approximate surface area is 275 Å². The predicted octanol–water partition coefficient (Wildman–Crippen LogP) is -2.68. The van der Waals surface area contributed by atoms with Crippen molar-refractivity contribution < 1.29 is 48.9 Å². The number of nitrogens with one attached hydrogen (secondary N) is 5. The summed E-state index contributed by atoms with van der Waals surface area (Å²) < 4.78 is 0. The number of hydrogen-bond acceptors (Lipinski definition) is 10. The summed E-state index contributed by atoms with van der Waals surface area (Å²) in [7, 11) is 0. The molecule has 0 radical (unpaired) electrons. The van der Waals surface area contributed by atoms with Crippen molar-refractivity contribution in [2.24, 2.45) is 17.6 Å². The molecular formula is C30H53N7O10. The summed E-state index contributed by atoms with van der Waals surface area (Å²) in [5, 5.41) is 40.5. The van der Waals surface area contributed by atoms with Crippen LogP contribution in [0.1, 0.15) is 74.1 Å². The number of carbonyl (C=O) groups excluding carboxylic acids is 6. The van der Waals surface area contributed by atoms with E-state index >= 15 is 0 Å². The maximum Gasteiger partial charge on any atom is 0.328 e. The molecular weight excluding hydrogens is 618 g/mol. The number of carboxylic acid groups (broad SMARTS) is 1. The first kappa shape index (κ1) is 41.2. The van der Waals surface area contributed by atoms with E-state index in [0.29, 0.717) is 25.7 Å². The molecule has 0 bridgehead atoms. The van der Waals surface area contributed by atoms with Gasteiger partial charge in [0, 0.05) is 6.54 Å². The Balaban J connectivity index is 3.06. The normalized spacial score (nSPS) is 20.2. The third kappa shape index (κ3) is 11.7. The van der Waals surface area contributed by atoms with Crippen LogP contribution < -0.4 is 32.3 Å². The summed E-state index contributed by atoms with van der Waals surface area (Å²) in [6, 6.07) is -8.28. The Morgan fingerprint density at radius 2 is 1.30 bits per heavy atom. The third-order valence-electron chi connectivity index (χ3n) is 8.43. The molecule has 0 unspecified atom stereocenters. The molecule has 0 aromatic heterocycles. The van der Waals surface area contributed by atoms with Crippen LogP contribution in [0.15, 0.2) is 0 Å². The number of carbonyl (C=O) groups is 7. The summed E-state index contributed by atoms with van der Waals surface area (Å²) in [6.45, 7) is 10.6. The van der Waals surface area contributed by atoms with E-state index in [4.69, 9.17) is 15.9 Å². The Kier molecular flexibility index (Phi) is 16.7. The van der Waals surface area contributed by atoms with Gasteiger partial charge in [0.2, 0.25) is 35.4 Å². The first-order valence-corrected chi connectivity index (χ1v) is 16.0. The van der Waals surface area contributed by atoms with Crippen molar-refractivity contribution in [2.45, 2.75) is 123 Å². The van der Waals surface area contributed by atoms with E-state index in [0.717, 1.165) is 0 Å². The lowest BCUT2D eigenvalue weighted by Gasteiger charge is -2.33. The van der Waals surface area contributed by atoms with Gasteiger partial charge < -0.3 is 52.5 Å². The van der Waals surface area contributed by atoms with Gasteiger partial charge in [-0.05, 0) is 45.4 Å². The molecule has 0 aromatic carbocycles. The molecule has 1 aliphatic heterocycles. The summed E-state index contributed by atoms with van der Waals surface area (Å²) in [5.74, 6) is -6.33. The molecule has 268 valence electrons. The number of rotatable bonds is 18. The zero-order chi connectivity index (χ0) is 36.2. The van der Waals surface area contributed by atoms with Gasteiger partial charge in [-0.25, -0.2) is 4.79 Å². The molecule has 1 fully saturated rings. The van der Waals surface area contributed by atoms with Crippen LogP contribution in [0, 0.1) is 11.8 Å². The number of likely N-dealkylation sites (tertiary alicyclic amines) is 1. The number of nitrogens with two attached hydrogens (primary N) is 1. The van der Waals surface area contributed by atoms with Gasteiger partial charge in [0.25, 0.3) is 0 Å². The van der Waals surface area contributed by atoms with Gasteiger partial charge in [-0.2, -0.15) is 0 Å². The quantitative estimate of drug-likeness (QED) is 0.0724. The molecule has 17 nitrogen and oxygen atoms in total. The minimum Gasteiger partial charge on any atom is -0.480 e. The standard InChI is InChI=1S/C30H53N7O10/c1-8-14(3)21(27(43)32-17(6)25(41)36-23(18(7)39)28(44)33-19(13-38)30(46)47)34-26(42)20-11-10-12-37(20)29(45)22(15(4)9-2)35-24(40)16(5)31/h14-23,38-39H,8-13,31H2,1-7H3,(H,32,43)(H,33,44)(H,34,42)(H,35,40)(H,36,41)(H,46,47)/t14-,15-,16-,17-,18+,19-,20-,21-,22-,23-/m0/s1. The van der Waals surface area contributed by atoms with Crippen LogP contribution in [0.3, 0.4) is 0 Å². The highest BCUT2D eigenvalue weighted by Crippen LogP contribution is 2.22. The maximum atomic E-state index is 13.6. The minimum absolute atomic E-state index is 0.242. The smallest absolute Gasteiger partial charge is 0.328 e. The maximum absolute atomic E-state index is 13.6. The van der Waals surface area contributed by atoms with Crippen molar-refractivity contribution in [3.05, 3.63) is 0 Å². The van der Waals surface area contributed by atoms with Crippen molar-refractivity contribution in [2.75, 3.05) is 13.2 Å². The number of aliphatic carboxylic acids is 1. The second kappa shape index (κ2) is 19.1. The number of aliphatic hydroxyl groups is 2. The zero-order valence-corrected chi connectivity index (χ0v) is 28.2. The highest BCUT2D eigenvalue weighted by atomic mass is 16.4. The average Bonchev–Trinajstić information content (AvgIpc) is 3.52. The average molecular weight is 672 g/mol. The second-order valence-electron chi connectivity index (χ2n) is 12.3. The molecule has 10 atom stereocenters. The zero-order valence-electron chi connectivity index (χ0n) is 28.2. The summed E-state index contributed by atoms with van der Waals surface area (Å²) in [6.07, 6.45) is 0.439. The highest BCUT2D eigenvalue weighted by Gasteiger charge is 2.41. The van der Waals surface area contributed by atoms with Crippen molar-refractivity contribution in [3.63, 3.8) is 0 Å². The first-order valence-electron chi connectivity index (χ1n) is 16.0. The fraction of sp³-hybridized carbons (Fsp3) is 0.767. The van der Waals surface area contributed by atoms with Crippen LogP contribution in [0.2, 0.25) is 0 Å². The molecule has 6 amide bonds. The largest absolute Gasteiger partial charge is 0.480 e. The van der Waals surface area contributed by atoms with Crippen LogP contribution >= 0.6 is 0 Å². The van der Waals surface area contributed by atoms with Crippen LogP contribution in [0.4, 0.5) is 0 Å². The van der Waals surface area contributed by atoms with Crippen molar-refractivity contribution in [3.8, 4) is 0 Å². The fourth-order valence-corrected chi connectivity index (χ4v) is 4.90. The van der Waals surface area contributed by atoms with Gasteiger partial charge in [0.05, 0.1) is 18.8 Å². The van der Waals surface area contributed by atoms with Gasteiger partial charge in [-0.3, -0.25) is 28.8 Å². The van der Waals surface area contributed by atoms with Crippen molar-refractivity contribution >= 4 is 41.4 Å². The van der Waals surface area contributed by atoms with Crippen molar-refractivity contribution in [1.82, 2.24) is 31.5 Å². The molecule has 1 heterocycles. The Bertz CT molecular complexity index is 1130. The van der Waals surface area contributed by atoms with E-state index in [-0.39, 0.29) is 12.5 Å². The number of aliphatic hydroxyl groups excluding tert-OH is 2. The van der Waals surface area contributed by atoms with Gasteiger partial charge in [-0.15, -0.1) is 0 Å². The summed E-state index contributed by atoms with van der Waals surface area (Å²) >= 11 is 0. The fourth-order valence-electron chi connectivity index (χ4n) is 4.90. The van der Waals surface area contributed by atoms with Crippen LogP contribution in [0.5, 0.6) is 0 Å². The predicted molar refractivity (Wildman–Crippen MR) is 169 cm³/mol. The SMILES string of the molecule is CC[C@H](C)[C@H](NC(=O)[C@@H]1CCCN1C(=O)[C@@H](NC(=O)[C@H](C)N)[C@@H](C)CC)C(=O)N[C@@H](C)C(=O)N[C@H](C(=O)N[C@@H](CO)C(=O)O)[C@@H](C)O. The van der Waals surface area contributed by atoms with E-state index in [1.54, 1.807) is 13.8 Å². The topological polar surface area (TPSA) is 270 Å². The van der Waals surface area contributed by atoms with Gasteiger partial charge in [-0.1, -0.05) is 40.5 Å². The van der Waals surface area contributed by atoms with Gasteiger partial charge in [0.15, 0.2) is 0 Å². The molecule has 0 aliphatic carbocycles.